The molecule has 0 amide bonds. The maximum atomic E-state index is 12.2. The number of benzene rings is 1. The first kappa shape index (κ1) is 12.6. The van der Waals surface area contributed by atoms with Crippen molar-refractivity contribution in [2.45, 2.75) is 11.4 Å². The average Bonchev–Trinajstić information content (AvgIpc) is 3.05. The highest BCUT2D eigenvalue weighted by Gasteiger charge is 2.19. The molecule has 4 N–H and O–H groups in total. The van der Waals surface area contributed by atoms with Crippen LogP contribution in [0, 0.1) is 0 Å². The second-order valence-corrected chi connectivity index (χ2v) is 5.87. The lowest BCUT2D eigenvalue weighted by Crippen LogP contribution is -2.23. The summed E-state index contributed by atoms with van der Waals surface area (Å²) in [6.07, 6.45) is 2.56. The molecule has 104 valence electrons. The first-order valence-corrected chi connectivity index (χ1v) is 7.16. The third-order valence-electron chi connectivity index (χ3n) is 2.78. The van der Waals surface area contributed by atoms with E-state index in [2.05, 4.69) is 24.4 Å². The van der Waals surface area contributed by atoms with Crippen molar-refractivity contribution in [1.82, 2.24) is 19.8 Å². The van der Waals surface area contributed by atoms with Crippen LogP contribution in [0.1, 0.15) is 5.82 Å². The number of hydrogen-bond acceptors (Lipinski definition) is 6. The number of nitrogens with two attached hydrogens (primary N) is 1. The zero-order valence-corrected chi connectivity index (χ0v) is 11.0. The molecule has 0 aliphatic rings. The van der Waals surface area contributed by atoms with Gasteiger partial charge in [-0.15, -0.1) is 0 Å². The Bertz CT molecular complexity index is 838. The van der Waals surface area contributed by atoms with Crippen LogP contribution in [0.25, 0.3) is 10.9 Å². The van der Waals surface area contributed by atoms with E-state index in [1.807, 2.05) is 0 Å². The van der Waals surface area contributed by atoms with E-state index in [-0.39, 0.29) is 17.3 Å². The maximum Gasteiger partial charge on any atom is 0.243 e. The number of sulfonamides is 1. The van der Waals surface area contributed by atoms with Crippen LogP contribution in [-0.4, -0.2) is 23.5 Å². The van der Waals surface area contributed by atoms with Crippen LogP contribution >= 0.6 is 0 Å². The molecule has 0 radical (unpaired) electrons. The van der Waals surface area contributed by atoms with Gasteiger partial charge in [0.2, 0.25) is 16.4 Å². The highest BCUT2D eigenvalue weighted by Crippen LogP contribution is 2.24. The molecule has 2 heterocycles. The summed E-state index contributed by atoms with van der Waals surface area (Å²) in [5.74, 6) is 0.262. The van der Waals surface area contributed by atoms with Crippen molar-refractivity contribution >= 4 is 26.6 Å². The quantitative estimate of drug-likeness (QED) is 0.605. The normalized spacial score (nSPS) is 12.0. The Morgan fingerprint density at radius 3 is 3.00 bits per heavy atom. The third kappa shape index (κ3) is 2.24. The highest BCUT2D eigenvalue weighted by molar-refractivity contribution is 7.89. The van der Waals surface area contributed by atoms with Crippen LogP contribution in [-0.2, 0) is 16.6 Å². The Morgan fingerprint density at radius 2 is 2.25 bits per heavy atom. The number of H-pyrrole nitrogens is 1. The summed E-state index contributed by atoms with van der Waals surface area (Å²) in [5.41, 5.74) is 6.87. The number of anilines is 1. The molecule has 1 aromatic carbocycles. The second kappa shape index (κ2) is 4.62. The van der Waals surface area contributed by atoms with Gasteiger partial charge in [-0.25, -0.2) is 13.1 Å². The first-order chi connectivity index (χ1) is 9.56. The third-order valence-corrected chi connectivity index (χ3v) is 4.23. The highest BCUT2D eigenvalue weighted by atomic mass is 32.2. The van der Waals surface area contributed by atoms with Gasteiger partial charge in [0.05, 0.1) is 6.54 Å². The zero-order valence-electron chi connectivity index (χ0n) is 10.2. The Hall–Kier alpha value is -2.39. The average molecular weight is 293 g/mol. The molecule has 0 spiro atoms. The molecule has 0 saturated carbocycles. The minimum atomic E-state index is -3.68. The van der Waals surface area contributed by atoms with Gasteiger partial charge in [-0.3, -0.25) is 0 Å². The van der Waals surface area contributed by atoms with Crippen LogP contribution in [0.15, 0.2) is 40.2 Å². The Kier molecular flexibility index (Phi) is 2.92. The van der Waals surface area contributed by atoms with E-state index in [4.69, 9.17) is 5.73 Å². The lowest BCUT2D eigenvalue weighted by Gasteiger charge is -2.03. The monoisotopic (exact) mass is 293 g/mol. The summed E-state index contributed by atoms with van der Waals surface area (Å²) in [6.45, 7) is -0.0412. The predicted molar refractivity (Wildman–Crippen MR) is 71.0 cm³/mol. The van der Waals surface area contributed by atoms with Crippen LogP contribution in [0.3, 0.4) is 0 Å². The van der Waals surface area contributed by atoms with Crippen molar-refractivity contribution in [2.24, 2.45) is 0 Å². The predicted octanol–water partition coefficient (Wildman–Crippen LogP) is 0.612. The van der Waals surface area contributed by atoms with E-state index in [9.17, 15) is 8.42 Å². The molecule has 0 saturated heterocycles. The van der Waals surface area contributed by atoms with E-state index in [0.29, 0.717) is 16.6 Å². The SMILES string of the molecule is Nc1ccc2c(S(=O)(=O)NCc3ncon3)c[nH]c2c1. The van der Waals surface area contributed by atoms with Gasteiger partial charge in [0, 0.05) is 22.8 Å². The van der Waals surface area contributed by atoms with Crippen molar-refractivity contribution < 1.29 is 12.9 Å². The van der Waals surface area contributed by atoms with Crippen LogP contribution < -0.4 is 10.5 Å². The Labute approximate surface area is 114 Å². The van der Waals surface area contributed by atoms with Crippen molar-refractivity contribution in [3.63, 3.8) is 0 Å². The lowest BCUT2D eigenvalue weighted by atomic mass is 10.2. The van der Waals surface area contributed by atoms with Crippen LogP contribution in [0.2, 0.25) is 0 Å². The number of rotatable bonds is 4. The Balaban J connectivity index is 1.93. The van der Waals surface area contributed by atoms with Crippen LogP contribution in [0.5, 0.6) is 0 Å². The molecule has 8 nitrogen and oxygen atoms in total. The first-order valence-electron chi connectivity index (χ1n) is 5.68. The topological polar surface area (TPSA) is 127 Å². The molecule has 0 fully saturated rings. The van der Waals surface area contributed by atoms with E-state index in [1.165, 1.54) is 6.20 Å². The van der Waals surface area contributed by atoms with Crippen molar-refractivity contribution in [3.8, 4) is 0 Å². The van der Waals surface area contributed by atoms with Gasteiger partial charge >= 0.3 is 0 Å². The number of hydrogen-bond donors (Lipinski definition) is 3. The zero-order chi connectivity index (χ0) is 14.2. The summed E-state index contributed by atoms with van der Waals surface area (Å²) in [6, 6.07) is 4.98. The van der Waals surface area contributed by atoms with E-state index in [0.717, 1.165) is 6.39 Å². The minimum Gasteiger partial charge on any atom is -0.399 e. The Morgan fingerprint density at radius 1 is 1.40 bits per heavy atom. The lowest BCUT2D eigenvalue weighted by molar-refractivity contribution is 0.409. The van der Waals surface area contributed by atoms with Gasteiger partial charge < -0.3 is 15.2 Å². The van der Waals surface area contributed by atoms with Gasteiger partial charge in [0.15, 0.2) is 5.82 Å². The van der Waals surface area contributed by atoms with Gasteiger partial charge in [0.25, 0.3) is 0 Å². The standard InChI is InChI=1S/C11H11N5O3S/c12-7-1-2-8-9(3-7)13-4-10(8)20(17,18)15-5-11-14-6-19-16-11/h1-4,6,13,15H,5,12H2. The molecule has 9 heteroatoms. The van der Waals surface area contributed by atoms with Crippen molar-refractivity contribution in [3.05, 3.63) is 36.6 Å². The number of aromatic nitrogens is 3. The molecular formula is C11H11N5O3S. The smallest absolute Gasteiger partial charge is 0.243 e. The molecule has 0 aliphatic carbocycles. The molecule has 2 aromatic heterocycles. The van der Waals surface area contributed by atoms with E-state index in [1.54, 1.807) is 18.2 Å². The fraction of sp³-hybridized carbons (Fsp3) is 0.0909. The number of aromatic amines is 1. The van der Waals surface area contributed by atoms with Crippen molar-refractivity contribution in [2.75, 3.05) is 5.73 Å². The summed E-state index contributed by atoms with van der Waals surface area (Å²) < 4.78 is 31.4. The minimum absolute atomic E-state index is 0.0412. The molecular weight excluding hydrogens is 282 g/mol. The van der Waals surface area contributed by atoms with Gasteiger partial charge in [-0.05, 0) is 18.2 Å². The van der Waals surface area contributed by atoms with Gasteiger partial charge in [0.1, 0.15) is 4.90 Å². The molecule has 0 unspecified atom stereocenters. The number of nitrogen functional groups attached to an aromatic ring is 1. The molecule has 0 aliphatic heterocycles. The molecule has 0 atom stereocenters. The summed E-state index contributed by atoms with van der Waals surface area (Å²) in [5, 5.41) is 4.11. The molecule has 3 aromatic rings. The fourth-order valence-corrected chi connectivity index (χ4v) is 3.00. The van der Waals surface area contributed by atoms with Gasteiger partial charge in [-0.1, -0.05) is 5.16 Å². The van der Waals surface area contributed by atoms with E-state index < -0.39 is 10.0 Å². The van der Waals surface area contributed by atoms with E-state index >= 15 is 0 Å². The molecule has 20 heavy (non-hydrogen) atoms. The fourth-order valence-electron chi connectivity index (χ4n) is 1.85. The molecule has 3 rings (SSSR count). The largest absolute Gasteiger partial charge is 0.399 e. The number of fused-ring (bicyclic) bond motifs is 1. The number of nitrogens with one attached hydrogen (secondary N) is 2. The van der Waals surface area contributed by atoms with Crippen molar-refractivity contribution in [1.29, 1.82) is 0 Å². The maximum absolute atomic E-state index is 12.2. The number of nitrogens with zero attached hydrogens (tertiary/aromatic N) is 2. The summed E-state index contributed by atoms with van der Waals surface area (Å²) in [7, 11) is -3.68. The van der Waals surface area contributed by atoms with Gasteiger partial charge in [-0.2, -0.15) is 4.98 Å². The summed E-state index contributed by atoms with van der Waals surface area (Å²) in [4.78, 5) is 6.77. The summed E-state index contributed by atoms with van der Waals surface area (Å²) >= 11 is 0. The second-order valence-electron chi connectivity index (χ2n) is 4.13. The molecule has 0 bridgehead atoms. The van der Waals surface area contributed by atoms with Crippen LogP contribution in [0.4, 0.5) is 5.69 Å².